The van der Waals surface area contributed by atoms with Crippen molar-refractivity contribution in [3.63, 3.8) is 0 Å². The van der Waals surface area contributed by atoms with Crippen molar-refractivity contribution >= 4 is 11.3 Å². The number of nitrogens with zero attached hydrogens (tertiary/aromatic N) is 2. The normalized spacial score (nSPS) is 17.9. The van der Waals surface area contributed by atoms with Crippen LogP contribution in [0.25, 0.3) is 0 Å². The van der Waals surface area contributed by atoms with Gasteiger partial charge in [0, 0.05) is 42.5 Å². The number of aromatic nitrogens is 2. The lowest BCUT2D eigenvalue weighted by Crippen LogP contribution is -2.36. The van der Waals surface area contributed by atoms with Crippen LogP contribution in [0.5, 0.6) is 0 Å². The van der Waals surface area contributed by atoms with Crippen LogP contribution >= 0.6 is 11.3 Å². The van der Waals surface area contributed by atoms with E-state index in [1.165, 1.54) is 11.3 Å². The quantitative estimate of drug-likeness (QED) is 0.936. The SMILES string of the molecule is CCn1c2c(ccc1=O)C[C@@H](NCc1nccs1)CC2. The smallest absolute Gasteiger partial charge is 0.250 e. The van der Waals surface area contributed by atoms with Gasteiger partial charge in [-0.3, -0.25) is 4.79 Å². The van der Waals surface area contributed by atoms with Gasteiger partial charge in [-0.05, 0) is 31.7 Å². The molecule has 2 aromatic rings. The van der Waals surface area contributed by atoms with E-state index in [1.807, 2.05) is 29.1 Å². The Morgan fingerprint density at radius 1 is 1.50 bits per heavy atom. The minimum atomic E-state index is 0.125. The molecule has 5 heteroatoms. The van der Waals surface area contributed by atoms with E-state index in [4.69, 9.17) is 0 Å². The molecule has 20 heavy (non-hydrogen) atoms. The molecule has 1 N–H and O–H groups in total. The number of hydrogen-bond donors (Lipinski definition) is 1. The molecule has 0 saturated carbocycles. The molecule has 2 aromatic heterocycles. The number of nitrogens with one attached hydrogen (secondary N) is 1. The molecule has 1 aliphatic carbocycles. The molecule has 0 amide bonds. The lowest BCUT2D eigenvalue weighted by molar-refractivity contribution is 0.441. The summed E-state index contributed by atoms with van der Waals surface area (Å²) >= 11 is 1.69. The van der Waals surface area contributed by atoms with Crippen molar-refractivity contribution in [3.8, 4) is 0 Å². The van der Waals surface area contributed by atoms with Crippen LogP contribution in [0.3, 0.4) is 0 Å². The standard InChI is InChI=1S/C15H19N3OS/c1-2-18-13-5-4-12(9-11(13)3-6-15(18)19)17-10-14-16-7-8-20-14/h3,6-8,12,17H,2,4-5,9-10H2,1H3/t12-/m0/s1. The fraction of sp³-hybridized carbons (Fsp3) is 0.467. The highest BCUT2D eigenvalue weighted by Crippen LogP contribution is 2.20. The molecule has 0 aromatic carbocycles. The minimum absolute atomic E-state index is 0.125. The van der Waals surface area contributed by atoms with Crippen LogP contribution in [-0.4, -0.2) is 15.6 Å². The Labute approximate surface area is 122 Å². The van der Waals surface area contributed by atoms with Crippen LogP contribution in [0.4, 0.5) is 0 Å². The summed E-state index contributed by atoms with van der Waals surface area (Å²) < 4.78 is 1.91. The summed E-state index contributed by atoms with van der Waals surface area (Å²) in [6, 6.07) is 4.18. The second-order valence-electron chi connectivity index (χ2n) is 5.13. The van der Waals surface area contributed by atoms with Crippen LogP contribution in [0.1, 0.15) is 29.6 Å². The molecule has 4 nitrogen and oxygen atoms in total. The first-order valence-electron chi connectivity index (χ1n) is 7.11. The first kappa shape index (κ1) is 13.5. The number of fused-ring (bicyclic) bond motifs is 1. The highest BCUT2D eigenvalue weighted by molar-refractivity contribution is 7.09. The fourth-order valence-electron chi connectivity index (χ4n) is 2.92. The summed E-state index contributed by atoms with van der Waals surface area (Å²) in [5.41, 5.74) is 2.67. The van der Waals surface area contributed by atoms with Gasteiger partial charge < -0.3 is 9.88 Å². The zero-order valence-corrected chi connectivity index (χ0v) is 12.4. The van der Waals surface area contributed by atoms with Crippen LogP contribution in [0.15, 0.2) is 28.5 Å². The van der Waals surface area contributed by atoms with Crippen molar-refractivity contribution in [2.75, 3.05) is 0 Å². The number of rotatable bonds is 4. The molecule has 3 rings (SSSR count). The Morgan fingerprint density at radius 3 is 3.15 bits per heavy atom. The molecule has 0 fully saturated rings. The molecule has 1 aliphatic rings. The topological polar surface area (TPSA) is 46.9 Å². The lowest BCUT2D eigenvalue weighted by atomic mass is 9.91. The van der Waals surface area contributed by atoms with Crippen molar-refractivity contribution in [1.29, 1.82) is 0 Å². The number of thiazole rings is 1. The van der Waals surface area contributed by atoms with Crippen LogP contribution < -0.4 is 10.9 Å². The molecular weight excluding hydrogens is 270 g/mol. The Morgan fingerprint density at radius 2 is 2.40 bits per heavy atom. The van der Waals surface area contributed by atoms with Gasteiger partial charge in [-0.15, -0.1) is 11.3 Å². The second-order valence-corrected chi connectivity index (χ2v) is 6.11. The molecule has 0 aliphatic heterocycles. The Balaban J connectivity index is 1.71. The van der Waals surface area contributed by atoms with E-state index < -0.39 is 0 Å². The fourth-order valence-corrected chi connectivity index (χ4v) is 3.48. The number of pyridine rings is 1. The highest BCUT2D eigenvalue weighted by atomic mass is 32.1. The predicted octanol–water partition coefficient (Wildman–Crippen LogP) is 1.97. The molecule has 106 valence electrons. The maximum Gasteiger partial charge on any atom is 0.250 e. The number of hydrogen-bond acceptors (Lipinski definition) is 4. The van der Waals surface area contributed by atoms with Gasteiger partial charge in [-0.2, -0.15) is 0 Å². The van der Waals surface area contributed by atoms with Gasteiger partial charge in [0.05, 0.1) is 0 Å². The summed E-state index contributed by atoms with van der Waals surface area (Å²) in [5, 5.41) is 6.72. The summed E-state index contributed by atoms with van der Waals surface area (Å²) in [4.78, 5) is 16.1. The Kier molecular flexibility index (Phi) is 3.98. The van der Waals surface area contributed by atoms with E-state index in [1.54, 1.807) is 17.4 Å². The zero-order chi connectivity index (χ0) is 13.9. The lowest BCUT2D eigenvalue weighted by Gasteiger charge is -2.27. The van der Waals surface area contributed by atoms with Gasteiger partial charge >= 0.3 is 0 Å². The monoisotopic (exact) mass is 289 g/mol. The molecule has 0 bridgehead atoms. The van der Waals surface area contributed by atoms with E-state index in [0.717, 1.165) is 37.4 Å². The largest absolute Gasteiger partial charge is 0.313 e. The Bertz CT molecular complexity index is 633. The maximum absolute atomic E-state index is 11.8. The van der Waals surface area contributed by atoms with Gasteiger partial charge in [-0.1, -0.05) is 6.07 Å². The van der Waals surface area contributed by atoms with Gasteiger partial charge in [-0.25, -0.2) is 4.98 Å². The zero-order valence-electron chi connectivity index (χ0n) is 11.6. The van der Waals surface area contributed by atoms with Gasteiger partial charge in [0.15, 0.2) is 0 Å². The average molecular weight is 289 g/mol. The van der Waals surface area contributed by atoms with Gasteiger partial charge in [0.1, 0.15) is 5.01 Å². The third kappa shape index (κ3) is 2.69. The summed E-state index contributed by atoms with van der Waals surface area (Å²) in [6.07, 6.45) is 4.91. The average Bonchev–Trinajstić information content (AvgIpc) is 2.98. The third-order valence-corrected chi connectivity index (χ3v) is 4.71. The molecular formula is C15H19N3OS. The van der Waals surface area contributed by atoms with Crippen LogP contribution in [0, 0.1) is 0 Å². The second kappa shape index (κ2) is 5.89. The first-order valence-corrected chi connectivity index (χ1v) is 7.99. The molecule has 1 atom stereocenters. The van der Waals surface area contributed by atoms with Crippen LogP contribution in [-0.2, 0) is 25.9 Å². The maximum atomic E-state index is 11.8. The predicted molar refractivity (Wildman–Crippen MR) is 81.1 cm³/mol. The van der Waals surface area contributed by atoms with E-state index in [2.05, 4.69) is 10.3 Å². The molecule has 0 spiro atoms. The molecule has 0 unspecified atom stereocenters. The van der Waals surface area contributed by atoms with Crippen molar-refractivity contribution in [2.45, 2.75) is 45.3 Å². The third-order valence-electron chi connectivity index (χ3n) is 3.93. The van der Waals surface area contributed by atoms with E-state index in [-0.39, 0.29) is 5.56 Å². The van der Waals surface area contributed by atoms with Crippen molar-refractivity contribution < 1.29 is 0 Å². The van der Waals surface area contributed by atoms with E-state index in [9.17, 15) is 4.79 Å². The molecule has 0 radical (unpaired) electrons. The van der Waals surface area contributed by atoms with Gasteiger partial charge in [0.25, 0.3) is 5.56 Å². The minimum Gasteiger partial charge on any atom is -0.313 e. The summed E-state index contributed by atoms with van der Waals surface area (Å²) in [5.74, 6) is 0. The van der Waals surface area contributed by atoms with Crippen LogP contribution in [0.2, 0.25) is 0 Å². The first-order chi connectivity index (χ1) is 9.78. The van der Waals surface area contributed by atoms with Gasteiger partial charge in [0.2, 0.25) is 0 Å². The summed E-state index contributed by atoms with van der Waals surface area (Å²) in [7, 11) is 0. The summed E-state index contributed by atoms with van der Waals surface area (Å²) in [6.45, 7) is 3.64. The Hall–Kier alpha value is -1.46. The van der Waals surface area contributed by atoms with Crippen molar-refractivity contribution in [2.24, 2.45) is 0 Å². The molecule has 2 heterocycles. The van der Waals surface area contributed by atoms with Crippen molar-refractivity contribution in [1.82, 2.24) is 14.9 Å². The highest BCUT2D eigenvalue weighted by Gasteiger charge is 2.20. The van der Waals surface area contributed by atoms with E-state index in [0.29, 0.717) is 6.04 Å². The van der Waals surface area contributed by atoms with E-state index >= 15 is 0 Å². The molecule has 0 saturated heterocycles. The van der Waals surface area contributed by atoms with Crippen molar-refractivity contribution in [3.05, 3.63) is 50.3 Å².